The van der Waals surface area contributed by atoms with Crippen molar-refractivity contribution in [3.05, 3.63) is 44.8 Å². The minimum Gasteiger partial charge on any atom is -0.497 e. The average molecular weight is 300 g/mol. The van der Waals surface area contributed by atoms with E-state index in [4.69, 9.17) is 4.74 Å². The van der Waals surface area contributed by atoms with Gasteiger partial charge in [0.2, 0.25) is 0 Å². The van der Waals surface area contributed by atoms with Crippen molar-refractivity contribution in [3.63, 3.8) is 0 Å². The monoisotopic (exact) mass is 299 g/mol. The highest BCUT2D eigenvalue weighted by Gasteiger charge is 2.13. The zero-order chi connectivity index (χ0) is 11.5. The first-order valence-electron chi connectivity index (χ1n) is 4.64. The van der Waals surface area contributed by atoms with Gasteiger partial charge in [0, 0.05) is 6.20 Å². The SMILES string of the molecule is COc1ccc(C(O)c2cnc(Br)s2)cc1. The van der Waals surface area contributed by atoms with Gasteiger partial charge in [-0.15, -0.1) is 11.3 Å². The molecule has 0 aliphatic carbocycles. The summed E-state index contributed by atoms with van der Waals surface area (Å²) in [6, 6.07) is 7.34. The van der Waals surface area contributed by atoms with Gasteiger partial charge in [-0.05, 0) is 33.6 Å². The summed E-state index contributed by atoms with van der Waals surface area (Å²) < 4.78 is 5.83. The second-order valence-corrected chi connectivity index (χ2v) is 5.53. The van der Waals surface area contributed by atoms with E-state index >= 15 is 0 Å². The summed E-state index contributed by atoms with van der Waals surface area (Å²) in [5.74, 6) is 0.779. The molecule has 2 rings (SSSR count). The number of thiazole rings is 1. The van der Waals surface area contributed by atoms with Crippen LogP contribution in [0.3, 0.4) is 0 Å². The lowest BCUT2D eigenvalue weighted by molar-refractivity contribution is 0.224. The molecule has 5 heteroatoms. The molecular weight excluding hydrogens is 290 g/mol. The van der Waals surface area contributed by atoms with Crippen LogP contribution in [0, 0.1) is 0 Å². The number of hydrogen-bond donors (Lipinski definition) is 1. The molecule has 1 unspecified atom stereocenters. The molecule has 1 atom stereocenters. The van der Waals surface area contributed by atoms with Crippen LogP contribution >= 0.6 is 27.3 Å². The second kappa shape index (κ2) is 4.95. The summed E-state index contributed by atoms with van der Waals surface area (Å²) in [5, 5.41) is 10.1. The largest absolute Gasteiger partial charge is 0.497 e. The van der Waals surface area contributed by atoms with Crippen molar-refractivity contribution in [3.8, 4) is 5.75 Å². The minimum absolute atomic E-state index is 0.630. The third-order valence-corrected chi connectivity index (χ3v) is 3.72. The lowest BCUT2D eigenvalue weighted by Gasteiger charge is -2.08. The van der Waals surface area contributed by atoms with E-state index in [1.54, 1.807) is 13.3 Å². The number of ether oxygens (including phenoxy) is 1. The Morgan fingerprint density at radius 1 is 1.38 bits per heavy atom. The van der Waals surface area contributed by atoms with Crippen molar-refractivity contribution in [2.45, 2.75) is 6.10 Å². The maximum Gasteiger partial charge on any atom is 0.159 e. The van der Waals surface area contributed by atoms with Gasteiger partial charge in [0.1, 0.15) is 11.9 Å². The molecule has 0 saturated carbocycles. The lowest BCUT2D eigenvalue weighted by Crippen LogP contribution is -1.96. The summed E-state index contributed by atoms with van der Waals surface area (Å²) in [4.78, 5) is 4.86. The highest BCUT2D eigenvalue weighted by atomic mass is 79.9. The molecule has 84 valence electrons. The molecule has 16 heavy (non-hydrogen) atoms. The molecule has 0 amide bonds. The Morgan fingerprint density at radius 3 is 2.56 bits per heavy atom. The smallest absolute Gasteiger partial charge is 0.159 e. The lowest BCUT2D eigenvalue weighted by atomic mass is 10.1. The van der Waals surface area contributed by atoms with E-state index in [1.807, 2.05) is 24.3 Å². The number of benzene rings is 1. The van der Waals surface area contributed by atoms with Crippen LogP contribution in [0.1, 0.15) is 16.5 Å². The predicted octanol–water partition coefficient (Wildman–Crippen LogP) is 3.00. The maximum atomic E-state index is 10.1. The van der Waals surface area contributed by atoms with Gasteiger partial charge in [0.25, 0.3) is 0 Å². The molecule has 0 fully saturated rings. The van der Waals surface area contributed by atoms with Gasteiger partial charge in [-0.2, -0.15) is 0 Å². The number of hydrogen-bond acceptors (Lipinski definition) is 4. The fraction of sp³-hybridized carbons (Fsp3) is 0.182. The van der Waals surface area contributed by atoms with Gasteiger partial charge in [0.05, 0.1) is 12.0 Å². The molecule has 1 aromatic heterocycles. The van der Waals surface area contributed by atoms with Crippen LogP contribution in [0.5, 0.6) is 5.75 Å². The van der Waals surface area contributed by atoms with Crippen LogP contribution in [0.15, 0.2) is 34.4 Å². The predicted molar refractivity (Wildman–Crippen MR) is 66.9 cm³/mol. The van der Waals surface area contributed by atoms with E-state index in [1.165, 1.54) is 11.3 Å². The third kappa shape index (κ3) is 2.42. The highest BCUT2D eigenvalue weighted by Crippen LogP contribution is 2.29. The molecule has 1 aromatic carbocycles. The zero-order valence-corrected chi connectivity index (χ0v) is 11.0. The normalized spacial score (nSPS) is 12.4. The Morgan fingerprint density at radius 2 is 2.06 bits per heavy atom. The number of nitrogens with zero attached hydrogens (tertiary/aromatic N) is 1. The number of methoxy groups -OCH3 is 1. The Balaban J connectivity index is 2.23. The van der Waals surface area contributed by atoms with Crippen LogP contribution < -0.4 is 4.74 Å². The van der Waals surface area contributed by atoms with E-state index in [0.29, 0.717) is 0 Å². The van der Waals surface area contributed by atoms with Gasteiger partial charge in [0.15, 0.2) is 3.92 Å². The summed E-state index contributed by atoms with van der Waals surface area (Å²) in [6.07, 6.45) is 1.04. The summed E-state index contributed by atoms with van der Waals surface area (Å²) in [5.41, 5.74) is 0.831. The first-order valence-corrected chi connectivity index (χ1v) is 6.25. The first-order chi connectivity index (χ1) is 7.70. The molecule has 2 aromatic rings. The molecule has 0 aliphatic rings. The molecule has 0 saturated heterocycles. The maximum absolute atomic E-state index is 10.1. The van der Waals surface area contributed by atoms with E-state index in [9.17, 15) is 5.11 Å². The Bertz CT molecular complexity index is 469. The minimum atomic E-state index is -0.630. The van der Waals surface area contributed by atoms with Crippen molar-refractivity contribution >= 4 is 27.3 Å². The zero-order valence-electron chi connectivity index (χ0n) is 8.55. The summed E-state index contributed by atoms with van der Waals surface area (Å²) in [6.45, 7) is 0. The third-order valence-electron chi connectivity index (χ3n) is 2.20. The Labute approximate surface area is 106 Å². The van der Waals surface area contributed by atoms with E-state index in [-0.39, 0.29) is 0 Å². The molecule has 3 nitrogen and oxygen atoms in total. The van der Waals surface area contributed by atoms with Crippen molar-refractivity contribution in [1.82, 2.24) is 4.98 Å². The molecule has 1 heterocycles. The van der Waals surface area contributed by atoms with Crippen LogP contribution in [0.2, 0.25) is 0 Å². The highest BCUT2D eigenvalue weighted by molar-refractivity contribution is 9.11. The van der Waals surface area contributed by atoms with E-state index < -0.39 is 6.10 Å². The van der Waals surface area contributed by atoms with Crippen LogP contribution in [0.4, 0.5) is 0 Å². The Kier molecular flexibility index (Phi) is 3.58. The standard InChI is InChI=1S/C11H10BrNO2S/c1-15-8-4-2-7(3-5-8)10(14)9-6-13-11(12)16-9/h2-6,10,14H,1H3. The number of aromatic nitrogens is 1. The molecular formula is C11H10BrNO2S. The van der Waals surface area contributed by atoms with Gasteiger partial charge in [-0.1, -0.05) is 12.1 Å². The molecule has 0 aliphatic heterocycles. The average Bonchev–Trinajstić information content (AvgIpc) is 2.75. The fourth-order valence-electron chi connectivity index (χ4n) is 1.34. The van der Waals surface area contributed by atoms with Gasteiger partial charge in [-0.25, -0.2) is 4.98 Å². The summed E-state index contributed by atoms with van der Waals surface area (Å²) >= 11 is 4.70. The van der Waals surface area contributed by atoms with Crippen molar-refractivity contribution in [2.75, 3.05) is 7.11 Å². The van der Waals surface area contributed by atoms with Crippen LogP contribution in [-0.2, 0) is 0 Å². The molecule has 0 radical (unpaired) electrons. The number of aliphatic hydroxyl groups is 1. The topological polar surface area (TPSA) is 42.4 Å². The summed E-state index contributed by atoms with van der Waals surface area (Å²) in [7, 11) is 1.62. The van der Waals surface area contributed by atoms with Gasteiger partial charge >= 0.3 is 0 Å². The second-order valence-electron chi connectivity index (χ2n) is 3.19. The van der Waals surface area contributed by atoms with Gasteiger partial charge < -0.3 is 9.84 Å². The van der Waals surface area contributed by atoms with Crippen LogP contribution in [-0.4, -0.2) is 17.2 Å². The van der Waals surface area contributed by atoms with Crippen molar-refractivity contribution in [2.24, 2.45) is 0 Å². The van der Waals surface area contributed by atoms with Crippen molar-refractivity contribution in [1.29, 1.82) is 0 Å². The fourth-order valence-corrected chi connectivity index (χ4v) is 2.66. The molecule has 0 bridgehead atoms. The Hall–Kier alpha value is -0.910. The van der Waals surface area contributed by atoms with Gasteiger partial charge in [-0.3, -0.25) is 0 Å². The quantitative estimate of drug-likeness (QED) is 0.947. The number of rotatable bonds is 3. The van der Waals surface area contributed by atoms with Crippen molar-refractivity contribution < 1.29 is 9.84 Å². The van der Waals surface area contributed by atoms with E-state index in [0.717, 1.165) is 20.1 Å². The number of halogens is 1. The first kappa shape index (κ1) is 11.6. The number of aliphatic hydroxyl groups excluding tert-OH is 1. The van der Waals surface area contributed by atoms with E-state index in [2.05, 4.69) is 20.9 Å². The molecule has 1 N–H and O–H groups in total. The van der Waals surface area contributed by atoms with Crippen LogP contribution in [0.25, 0.3) is 0 Å². The molecule has 0 spiro atoms.